The summed E-state index contributed by atoms with van der Waals surface area (Å²) in [4.78, 5) is 0. The molecule has 0 radical (unpaired) electrons. The standard InChI is InChI=1S/C15H20N2O/c16-9-12-5-7-13(8-6-12)11-18-15-4-2-1-3-14(15)10-17/h5-8,14-15H,1-4,10-11,17H2. The number of nitrogens with two attached hydrogens (primary N) is 1. The molecule has 3 nitrogen and oxygen atoms in total. The van der Waals surface area contributed by atoms with Crippen molar-refractivity contribution < 1.29 is 4.74 Å². The summed E-state index contributed by atoms with van der Waals surface area (Å²) in [6.07, 6.45) is 5.14. The predicted molar refractivity (Wildman–Crippen MR) is 70.7 cm³/mol. The lowest BCUT2D eigenvalue weighted by Crippen LogP contribution is -2.33. The molecule has 2 unspecified atom stereocenters. The highest BCUT2D eigenvalue weighted by atomic mass is 16.5. The Morgan fingerprint density at radius 1 is 1.22 bits per heavy atom. The van der Waals surface area contributed by atoms with Gasteiger partial charge in [0, 0.05) is 0 Å². The van der Waals surface area contributed by atoms with Crippen molar-refractivity contribution in [2.45, 2.75) is 38.4 Å². The fourth-order valence-electron chi connectivity index (χ4n) is 2.54. The van der Waals surface area contributed by atoms with Gasteiger partial charge in [0.1, 0.15) is 0 Å². The van der Waals surface area contributed by atoms with E-state index in [1.807, 2.05) is 24.3 Å². The minimum absolute atomic E-state index is 0.305. The monoisotopic (exact) mass is 244 g/mol. The van der Waals surface area contributed by atoms with Crippen molar-refractivity contribution in [2.24, 2.45) is 11.7 Å². The third kappa shape index (κ3) is 3.32. The molecule has 0 bridgehead atoms. The van der Waals surface area contributed by atoms with Gasteiger partial charge >= 0.3 is 0 Å². The Bertz CT molecular complexity index is 407. The van der Waals surface area contributed by atoms with Gasteiger partial charge in [-0.05, 0) is 43.0 Å². The molecule has 18 heavy (non-hydrogen) atoms. The van der Waals surface area contributed by atoms with Crippen LogP contribution in [0.3, 0.4) is 0 Å². The first-order valence-corrected chi connectivity index (χ1v) is 6.64. The summed E-state index contributed by atoms with van der Waals surface area (Å²) in [5.41, 5.74) is 7.60. The molecule has 0 amide bonds. The van der Waals surface area contributed by atoms with E-state index < -0.39 is 0 Å². The SMILES string of the molecule is N#Cc1ccc(COC2CCCCC2CN)cc1. The molecule has 2 rings (SSSR count). The van der Waals surface area contributed by atoms with Gasteiger partial charge in [0.2, 0.25) is 0 Å². The van der Waals surface area contributed by atoms with Crippen LogP contribution < -0.4 is 5.73 Å². The van der Waals surface area contributed by atoms with E-state index in [0.29, 0.717) is 24.2 Å². The van der Waals surface area contributed by atoms with E-state index in [1.54, 1.807) is 0 Å². The van der Waals surface area contributed by atoms with Crippen molar-refractivity contribution in [3.05, 3.63) is 35.4 Å². The van der Waals surface area contributed by atoms with Crippen LogP contribution in [0.5, 0.6) is 0 Å². The molecule has 1 aliphatic rings. The summed E-state index contributed by atoms with van der Waals surface area (Å²) in [6, 6.07) is 9.70. The van der Waals surface area contributed by atoms with Gasteiger partial charge in [-0.3, -0.25) is 0 Å². The molecule has 0 heterocycles. The predicted octanol–water partition coefficient (Wildman–Crippen LogP) is 2.59. The molecule has 3 heteroatoms. The summed E-state index contributed by atoms with van der Waals surface area (Å²) in [5, 5.41) is 8.73. The highest BCUT2D eigenvalue weighted by Gasteiger charge is 2.24. The van der Waals surface area contributed by atoms with Gasteiger partial charge in [0.15, 0.2) is 0 Å². The number of ether oxygens (including phenoxy) is 1. The van der Waals surface area contributed by atoms with Crippen LogP contribution in [0.1, 0.15) is 36.8 Å². The van der Waals surface area contributed by atoms with Crippen LogP contribution in [0.15, 0.2) is 24.3 Å². The molecule has 2 N–H and O–H groups in total. The Hall–Kier alpha value is -1.37. The minimum atomic E-state index is 0.305. The van der Waals surface area contributed by atoms with E-state index in [9.17, 15) is 0 Å². The Labute approximate surface area is 109 Å². The maximum Gasteiger partial charge on any atom is 0.0991 e. The molecule has 1 saturated carbocycles. The normalized spacial score (nSPS) is 23.6. The van der Waals surface area contributed by atoms with Crippen LogP contribution in [0.4, 0.5) is 0 Å². The lowest BCUT2D eigenvalue weighted by Gasteiger charge is -2.30. The second-order valence-corrected chi connectivity index (χ2v) is 4.94. The first-order valence-electron chi connectivity index (χ1n) is 6.64. The molecule has 1 aliphatic carbocycles. The summed E-state index contributed by atoms with van der Waals surface area (Å²) in [6.45, 7) is 1.34. The highest BCUT2D eigenvalue weighted by Crippen LogP contribution is 2.26. The highest BCUT2D eigenvalue weighted by molar-refractivity contribution is 5.31. The van der Waals surface area contributed by atoms with Gasteiger partial charge in [0.25, 0.3) is 0 Å². The van der Waals surface area contributed by atoms with Gasteiger partial charge in [-0.1, -0.05) is 25.0 Å². The second kappa shape index (κ2) is 6.53. The van der Waals surface area contributed by atoms with Gasteiger partial charge in [-0.2, -0.15) is 5.26 Å². The van der Waals surface area contributed by atoms with Crippen LogP contribution >= 0.6 is 0 Å². The first kappa shape index (κ1) is 13.1. The van der Waals surface area contributed by atoms with Crippen LogP contribution in [0.25, 0.3) is 0 Å². The molecule has 0 aromatic heterocycles. The molecular formula is C15H20N2O. The van der Waals surface area contributed by atoms with Crippen LogP contribution in [0, 0.1) is 17.2 Å². The maximum atomic E-state index is 8.73. The van der Waals surface area contributed by atoms with Gasteiger partial charge in [-0.25, -0.2) is 0 Å². The summed E-state index contributed by atoms with van der Waals surface area (Å²) in [5.74, 6) is 0.511. The smallest absolute Gasteiger partial charge is 0.0991 e. The third-order valence-electron chi connectivity index (χ3n) is 3.69. The van der Waals surface area contributed by atoms with E-state index in [1.165, 1.54) is 19.3 Å². The van der Waals surface area contributed by atoms with E-state index >= 15 is 0 Å². The number of benzene rings is 1. The van der Waals surface area contributed by atoms with Crippen LogP contribution in [0.2, 0.25) is 0 Å². The summed E-state index contributed by atoms with van der Waals surface area (Å²) in [7, 11) is 0. The number of hydrogen-bond acceptors (Lipinski definition) is 3. The van der Waals surface area contributed by atoms with Crippen molar-refractivity contribution in [1.29, 1.82) is 5.26 Å². The third-order valence-corrected chi connectivity index (χ3v) is 3.69. The Morgan fingerprint density at radius 3 is 2.61 bits per heavy atom. The lowest BCUT2D eigenvalue weighted by molar-refractivity contribution is -0.0183. The van der Waals surface area contributed by atoms with E-state index in [0.717, 1.165) is 18.5 Å². The number of nitrogens with zero attached hydrogens (tertiary/aromatic N) is 1. The molecule has 1 aromatic carbocycles. The van der Waals surface area contributed by atoms with Crippen LogP contribution in [-0.4, -0.2) is 12.6 Å². The summed E-state index contributed by atoms with van der Waals surface area (Å²) < 4.78 is 5.98. The zero-order chi connectivity index (χ0) is 12.8. The van der Waals surface area contributed by atoms with Gasteiger partial charge < -0.3 is 10.5 Å². The Kier molecular flexibility index (Phi) is 4.74. The number of hydrogen-bond donors (Lipinski definition) is 1. The largest absolute Gasteiger partial charge is 0.373 e. The topological polar surface area (TPSA) is 59.0 Å². The van der Waals surface area contributed by atoms with Crippen molar-refractivity contribution in [3.63, 3.8) is 0 Å². The zero-order valence-electron chi connectivity index (χ0n) is 10.6. The molecule has 96 valence electrons. The fraction of sp³-hybridized carbons (Fsp3) is 0.533. The fourth-order valence-corrected chi connectivity index (χ4v) is 2.54. The summed E-state index contributed by atoms with van der Waals surface area (Å²) >= 11 is 0. The average molecular weight is 244 g/mol. The maximum absolute atomic E-state index is 8.73. The zero-order valence-corrected chi connectivity index (χ0v) is 10.6. The van der Waals surface area contributed by atoms with Crippen molar-refractivity contribution in [3.8, 4) is 6.07 Å². The Morgan fingerprint density at radius 2 is 1.94 bits per heavy atom. The van der Waals surface area contributed by atoms with Crippen LogP contribution in [-0.2, 0) is 11.3 Å². The van der Waals surface area contributed by atoms with Crippen molar-refractivity contribution in [2.75, 3.05) is 6.54 Å². The Balaban J connectivity index is 1.87. The molecule has 0 saturated heterocycles. The first-order chi connectivity index (χ1) is 8.83. The van der Waals surface area contributed by atoms with Gasteiger partial charge in [-0.15, -0.1) is 0 Å². The quantitative estimate of drug-likeness (QED) is 0.885. The van der Waals surface area contributed by atoms with E-state index in [2.05, 4.69) is 6.07 Å². The second-order valence-electron chi connectivity index (χ2n) is 4.94. The lowest BCUT2D eigenvalue weighted by atomic mass is 9.86. The average Bonchev–Trinajstić information content (AvgIpc) is 2.46. The molecule has 1 aromatic rings. The number of rotatable bonds is 4. The van der Waals surface area contributed by atoms with E-state index in [4.69, 9.17) is 15.7 Å². The van der Waals surface area contributed by atoms with Crippen molar-refractivity contribution >= 4 is 0 Å². The molecule has 1 fully saturated rings. The number of nitriles is 1. The van der Waals surface area contributed by atoms with Gasteiger partial charge in [0.05, 0.1) is 24.3 Å². The molecular weight excluding hydrogens is 224 g/mol. The molecule has 2 atom stereocenters. The molecule has 0 aliphatic heterocycles. The van der Waals surface area contributed by atoms with Crippen molar-refractivity contribution in [1.82, 2.24) is 0 Å². The van der Waals surface area contributed by atoms with E-state index in [-0.39, 0.29) is 0 Å². The minimum Gasteiger partial charge on any atom is -0.373 e. The molecule has 0 spiro atoms.